The Balaban J connectivity index is 2.71. The van der Waals surface area contributed by atoms with Crippen molar-refractivity contribution in [1.82, 2.24) is 0 Å². The summed E-state index contributed by atoms with van der Waals surface area (Å²) >= 11 is 0. The van der Waals surface area contributed by atoms with Crippen LogP contribution in [0, 0.1) is 0 Å². The Morgan fingerprint density at radius 1 is 1.24 bits per heavy atom. The van der Waals surface area contributed by atoms with E-state index in [0.717, 1.165) is 0 Å². The van der Waals surface area contributed by atoms with Crippen molar-refractivity contribution in [2.75, 3.05) is 11.9 Å². The number of rotatable bonds is 3. The van der Waals surface area contributed by atoms with E-state index < -0.39 is 17.8 Å². The van der Waals surface area contributed by atoms with Gasteiger partial charge >= 0.3 is 5.97 Å². The van der Waals surface area contributed by atoms with Crippen LogP contribution in [0.3, 0.4) is 0 Å². The standard InChI is InChI=1S/C11H11NO5/c1-2-17-11(16)7-3-5-8(6-4-7)12-9(13)10(14)15/h3-6H,2H2,1H3,(H,12,13)(H,14,15)/p-1. The van der Waals surface area contributed by atoms with Gasteiger partial charge in [0.1, 0.15) is 5.97 Å². The van der Waals surface area contributed by atoms with Gasteiger partial charge in [-0.1, -0.05) is 0 Å². The molecule has 0 unspecified atom stereocenters. The van der Waals surface area contributed by atoms with Crippen LogP contribution in [-0.2, 0) is 14.3 Å². The van der Waals surface area contributed by atoms with Crippen molar-refractivity contribution >= 4 is 23.5 Å². The van der Waals surface area contributed by atoms with E-state index in [0.29, 0.717) is 5.56 Å². The van der Waals surface area contributed by atoms with Gasteiger partial charge in [-0.2, -0.15) is 0 Å². The number of anilines is 1. The lowest BCUT2D eigenvalue weighted by Gasteiger charge is -2.06. The predicted molar refractivity (Wildman–Crippen MR) is 56.0 cm³/mol. The van der Waals surface area contributed by atoms with Crippen LogP contribution in [-0.4, -0.2) is 24.5 Å². The number of ether oxygens (including phenoxy) is 1. The van der Waals surface area contributed by atoms with Crippen molar-refractivity contribution in [3.8, 4) is 0 Å². The van der Waals surface area contributed by atoms with E-state index in [1.807, 2.05) is 0 Å². The molecule has 1 aromatic carbocycles. The minimum Gasteiger partial charge on any atom is -0.540 e. The lowest BCUT2D eigenvalue weighted by molar-refractivity contribution is -0.299. The molecule has 0 fully saturated rings. The first-order valence-electron chi connectivity index (χ1n) is 4.84. The van der Waals surface area contributed by atoms with Gasteiger partial charge in [-0.05, 0) is 31.2 Å². The number of aliphatic carboxylic acids is 1. The van der Waals surface area contributed by atoms with Gasteiger partial charge in [0.2, 0.25) is 0 Å². The van der Waals surface area contributed by atoms with Crippen molar-refractivity contribution in [2.24, 2.45) is 0 Å². The zero-order valence-corrected chi connectivity index (χ0v) is 9.06. The van der Waals surface area contributed by atoms with E-state index in [1.165, 1.54) is 24.3 Å². The van der Waals surface area contributed by atoms with Gasteiger partial charge in [-0.25, -0.2) is 4.79 Å². The molecule has 0 aliphatic carbocycles. The quantitative estimate of drug-likeness (QED) is 0.566. The smallest absolute Gasteiger partial charge is 0.338 e. The van der Waals surface area contributed by atoms with Gasteiger partial charge in [0.05, 0.1) is 12.2 Å². The third-order valence-corrected chi connectivity index (χ3v) is 1.84. The number of carbonyl (C=O) groups excluding carboxylic acids is 3. The van der Waals surface area contributed by atoms with Crippen LogP contribution >= 0.6 is 0 Å². The molecule has 0 bridgehead atoms. The van der Waals surface area contributed by atoms with Crippen molar-refractivity contribution in [3.05, 3.63) is 29.8 Å². The van der Waals surface area contributed by atoms with Gasteiger partial charge in [0, 0.05) is 5.69 Å². The molecule has 1 rings (SSSR count). The number of hydrogen-bond donors (Lipinski definition) is 1. The molecule has 6 nitrogen and oxygen atoms in total. The Morgan fingerprint density at radius 3 is 2.29 bits per heavy atom. The Labute approximate surface area is 97.2 Å². The minimum atomic E-state index is -1.82. The first-order chi connectivity index (χ1) is 8.04. The Kier molecular flexibility index (Phi) is 4.21. The predicted octanol–water partition coefficient (Wildman–Crippen LogP) is -0.448. The number of carbonyl (C=O) groups is 3. The Hall–Kier alpha value is -2.37. The average molecular weight is 236 g/mol. The molecule has 1 amide bonds. The zero-order valence-electron chi connectivity index (χ0n) is 9.06. The summed E-state index contributed by atoms with van der Waals surface area (Å²) in [6, 6.07) is 5.63. The highest BCUT2D eigenvalue weighted by atomic mass is 16.5. The third kappa shape index (κ3) is 3.60. The molecule has 0 aromatic heterocycles. The van der Waals surface area contributed by atoms with Gasteiger partial charge in [-0.3, -0.25) is 4.79 Å². The van der Waals surface area contributed by atoms with E-state index >= 15 is 0 Å². The molecule has 1 N–H and O–H groups in total. The zero-order chi connectivity index (χ0) is 12.8. The van der Waals surface area contributed by atoms with Crippen LogP contribution in [0.5, 0.6) is 0 Å². The third-order valence-electron chi connectivity index (χ3n) is 1.84. The molecule has 0 saturated carbocycles. The van der Waals surface area contributed by atoms with Crippen molar-refractivity contribution in [3.63, 3.8) is 0 Å². The van der Waals surface area contributed by atoms with E-state index in [-0.39, 0.29) is 12.3 Å². The van der Waals surface area contributed by atoms with Crippen LogP contribution in [0.1, 0.15) is 17.3 Å². The Bertz CT molecular complexity index is 438. The summed E-state index contributed by atoms with van der Waals surface area (Å²) in [5.41, 5.74) is 0.575. The second-order valence-electron chi connectivity index (χ2n) is 3.04. The highest BCUT2D eigenvalue weighted by molar-refractivity contribution is 6.35. The fourth-order valence-corrected chi connectivity index (χ4v) is 1.09. The van der Waals surface area contributed by atoms with Gasteiger partial charge < -0.3 is 20.0 Å². The number of benzene rings is 1. The molecule has 1 aromatic rings. The number of esters is 1. The van der Waals surface area contributed by atoms with Crippen molar-refractivity contribution in [1.29, 1.82) is 0 Å². The lowest BCUT2D eigenvalue weighted by atomic mass is 10.2. The highest BCUT2D eigenvalue weighted by Gasteiger charge is 2.07. The molecule has 0 radical (unpaired) electrons. The molecular formula is C11H10NO5-. The van der Waals surface area contributed by atoms with Crippen molar-refractivity contribution in [2.45, 2.75) is 6.92 Å². The average Bonchev–Trinajstić information content (AvgIpc) is 2.30. The van der Waals surface area contributed by atoms with Crippen LogP contribution in [0.2, 0.25) is 0 Å². The van der Waals surface area contributed by atoms with Gasteiger partial charge in [0.15, 0.2) is 0 Å². The molecule has 17 heavy (non-hydrogen) atoms. The summed E-state index contributed by atoms with van der Waals surface area (Å²) in [5, 5.41) is 12.3. The van der Waals surface area contributed by atoms with Crippen LogP contribution < -0.4 is 10.4 Å². The summed E-state index contributed by atoms with van der Waals surface area (Å²) in [7, 11) is 0. The minimum absolute atomic E-state index is 0.257. The van der Waals surface area contributed by atoms with Gasteiger partial charge in [-0.15, -0.1) is 0 Å². The first kappa shape index (κ1) is 12.7. The topological polar surface area (TPSA) is 95.5 Å². The summed E-state index contributed by atoms with van der Waals surface area (Å²) in [5.74, 6) is -3.54. The van der Waals surface area contributed by atoms with Crippen LogP contribution in [0.25, 0.3) is 0 Å². The molecule has 0 heterocycles. The second-order valence-corrected chi connectivity index (χ2v) is 3.04. The summed E-state index contributed by atoms with van der Waals surface area (Å²) in [6.07, 6.45) is 0. The second kappa shape index (κ2) is 5.64. The molecular weight excluding hydrogens is 226 g/mol. The maximum absolute atomic E-state index is 11.3. The normalized spacial score (nSPS) is 9.47. The summed E-state index contributed by atoms with van der Waals surface area (Å²) in [6.45, 7) is 1.95. The first-order valence-corrected chi connectivity index (χ1v) is 4.84. The van der Waals surface area contributed by atoms with E-state index in [9.17, 15) is 19.5 Å². The van der Waals surface area contributed by atoms with Crippen LogP contribution in [0.4, 0.5) is 5.69 Å². The Morgan fingerprint density at radius 2 is 1.82 bits per heavy atom. The monoisotopic (exact) mass is 236 g/mol. The summed E-state index contributed by atoms with van der Waals surface area (Å²) < 4.78 is 4.76. The van der Waals surface area contributed by atoms with Gasteiger partial charge in [0.25, 0.3) is 5.91 Å². The molecule has 0 atom stereocenters. The highest BCUT2D eigenvalue weighted by Crippen LogP contribution is 2.10. The number of nitrogens with one attached hydrogen (secondary N) is 1. The lowest BCUT2D eigenvalue weighted by Crippen LogP contribution is -2.36. The van der Waals surface area contributed by atoms with Crippen molar-refractivity contribution < 1.29 is 24.2 Å². The molecule has 0 aliphatic rings. The number of amides is 1. The van der Waals surface area contributed by atoms with E-state index in [2.05, 4.69) is 5.32 Å². The van der Waals surface area contributed by atoms with E-state index in [1.54, 1.807) is 6.92 Å². The summed E-state index contributed by atoms with van der Waals surface area (Å²) in [4.78, 5) is 32.2. The SMILES string of the molecule is CCOC(=O)c1ccc(NC(=O)C(=O)[O-])cc1. The number of carboxylic acid groups (broad SMARTS) is 1. The number of hydrogen-bond acceptors (Lipinski definition) is 5. The maximum atomic E-state index is 11.3. The molecule has 0 spiro atoms. The molecule has 90 valence electrons. The maximum Gasteiger partial charge on any atom is 0.338 e. The fourth-order valence-electron chi connectivity index (χ4n) is 1.09. The largest absolute Gasteiger partial charge is 0.540 e. The number of carboxylic acids is 1. The van der Waals surface area contributed by atoms with Crippen LogP contribution in [0.15, 0.2) is 24.3 Å². The molecule has 0 saturated heterocycles. The van der Waals surface area contributed by atoms with E-state index in [4.69, 9.17) is 4.74 Å². The molecule has 6 heteroatoms. The fraction of sp³-hybridized carbons (Fsp3) is 0.182. The molecule has 0 aliphatic heterocycles.